The Morgan fingerprint density at radius 2 is 2.12 bits per heavy atom. The number of halogens is 1. The van der Waals surface area contributed by atoms with Crippen LogP contribution in [0.3, 0.4) is 0 Å². The first-order valence-corrected chi connectivity index (χ1v) is 8.13. The van der Waals surface area contributed by atoms with E-state index in [0.717, 1.165) is 5.56 Å². The van der Waals surface area contributed by atoms with Crippen molar-refractivity contribution in [3.63, 3.8) is 0 Å². The lowest BCUT2D eigenvalue weighted by Crippen LogP contribution is -2.39. The summed E-state index contributed by atoms with van der Waals surface area (Å²) < 4.78 is 0. The molecular weight excluding hydrogens is 356 g/mol. The number of nitro groups is 1. The van der Waals surface area contributed by atoms with Gasteiger partial charge in [0.2, 0.25) is 5.91 Å². The molecule has 0 saturated carbocycles. The molecule has 0 aliphatic heterocycles. The molecule has 1 N–H and O–H groups in total. The maximum absolute atomic E-state index is 12.5. The Labute approximate surface area is 155 Å². The van der Waals surface area contributed by atoms with Crippen LogP contribution < -0.4 is 5.32 Å². The van der Waals surface area contributed by atoms with Crippen LogP contribution in [0.25, 0.3) is 0 Å². The minimum absolute atomic E-state index is 0.154. The number of nitrogens with one attached hydrogen (secondary N) is 1. The highest BCUT2D eigenvalue weighted by atomic mass is 35.5. The van der Waals surface area contributed by atoms with Crippen molar-refractivity contribution in [2.75, 3.05) is 12.4 Å². The molecule has 1 amide bonds. The Morgan fingerprint density at radius 1 is 1.38 bits per heavy atom. The monoisotopic (exact) mass is 372 g/mol. The Bertz CT molecular complexity index is 879. The molecular formula is C18H17ClN4O3. The van der Waals surface area contributed by atoms with Crippen molar-refractivity contribution >= 4 is 28.9 Å². The summed E-state index contributed by atoms with van der Waals surface area (Å²) in [6.07, 6.45) is 0. The number of likely N-dealkylation sites (N-methyl/N-ethyl adjacent to an activating group) is 1. The van der Waals surface area contributed by atoms with Crippen molar-refractivity contribution in [3.8, 4) is 6.07 Å². The zero-order chi connectivity index (χ0) is 19.3. The van der Waals surface area contributed by atoms with Crippen LogP contribution in [0, 0.1) is 21.4 Å². The van der Waals surface area contributed by atoms with Gasteiger partial charge in [0.25, 0.3) is 5.69 Å². The van der Waals surface area contributed by atoms with Gasteiger partial charge in [0.15, 0.2) is 0 Å². The third-order valence-electron chi connectivity index (χ3n) is 3.95. The molecule has 0 heterocycles. The van der Waals surface area contributed by atoms with E-state index in [1.165, 1.54) is 18.2 Å². The molecule has 0 bridgehead atoms. The van der Waals surface area contributed by atoms with E-state index in [1.807, 2.05) is 6.07 Å². The van der Waals surface area contributed by atoms with Crippen LogP contribution >= 0.6 is 11.6 Å². The molecule has 26 heavy (non-hydrogen) atoms. The minimum Gasteiger partial charge on any atom is -0.323 e. The van der Waals surface area contributed by atoms with Crippen molar-refractivity contribution < 1.29 is 9.72 Å². The number of rotatable bonds is 6. The van der Waals surface area contributed by atoms with Gasteiger partial charge < -0.3 is 5.32 Å². The van der Waals surface area contributed by atoms with Crippen molar-refractivity contribution in [2.45, 2.75) is 19.5 Å². The third-order valence-corrected chi connectivity index (χ3v) is 4.28. The number of benzene rings is 2. The van der Waals surface area contributed by atoms with Gasteiger partial charge in [-0.3, -0.25) is 19.8 Å². The molecule has 8 heteroatoms. The number of nitrogens with zero attached hydrogens (tertiary/aromatic N) is 3. The van der Waals surface area contributed by atoms with E-state index in [-0.39, 0.29) is 22.3 Å². The van der Waals surface area contributed by atoms with E-state index in [4.69, 9.17) is 16.9 Å². The summed E-state index contributed by atoms with van der Waals surface area (Å²) in [5, 5.41) is 22.7. The van der Waals surface area contributed by atoms with E-state index in [1.54, 1.807) is 37.1 Å². The molecule has 0 saturated heterocycles. The van der Waals surface area contributed by atoms with Crippen molar-refractivity contribution in [2.24, 2.45) is 0 Å². The molecule has 0 spiro atoms. The summed E-state index contributed by atoms with van der Waals surface area (Å²) >= 11 is 6.01. The average Bonchev–Trinajstić information content (AvgIpc) is 2.62. The molecule has 1 unspecified atom stereocenters. The molecule has 7 nitrogen and oxygen atoms in total. The van der Waals surface area contributed by atoms with Gasteiger partial charge in [-0.2, -0.15) is 5.26 Å². The minimum atomic E-state index is -0.552. The number of amides is 1. The van der Waals surface area contributed by atoms with Crippen LogP contribution in [0.5, 0.6) is 0 Å². The number of nitro benzene ring substituents is 1. The number of carbonyl (C=O) groups excluding carboxylic acids is 1. The quantitative estimate of drug-likeness (QED) is 0.617. The maximum atomic E-state index is 12.5. The second-order valence-electron chi connectivity index (χ2n) is 5.81. The first-order chi connectivity index (χ1) is 12.3. The van der Waals surface area contributed by atoms with Crippen molar-refractivity contribution in [1.82, 2.24) is 4.90 Å². The van der Waals surface area contributed by atoms with Gasteiger partial charge in [-0.25, -0.2) is 0 Å². The summed E-state index contributed by atoms with van der Waals surface area (Å²) in [4.78, 5) is 24.6. The second-order valence-corrected chi connectivity index (χ2v) is 6.22. The third kappa shape index (κ3) is 4.79. The van der Waals surface area contributed by atoms with Gasteiger partial charge in [-0.15, -0.1) is 0 Å². The van der Waals surface area contributed by atoms with Gasteiger partial charge in [-0.05, 0) is 37.7 Å². The number of hydrogen-bond donors (Lipinski definition) is 1. The number of anilines is 1. The normalized spacial score (nSPS) is 11.7. The first-order valence-electron chi connectivity index (χ1n) is 7.76. The standard InChI is InChI=1S/C18H17ClN4O3/c1-12(22(2)11-14-5-3-4-13(8-14)10-20)18(24)21-17-9-15(23(25)26)6-7-16(17)19/h3-9,12H,11H2,1-2H3,(H,21,24). The predicted molar refractivity (Wildman–Crippen MR) is 98.8 cm³/mol. The Balaban J connectivity index is 2.08. The average molecular weight is 373 g/mol. The fourth-order valence-electron chi connectivity index (χ4n) is 2.32. The number of nitriles is 1. The molecule has 134 valence electrons. The van der Waals surface area contributed by atoms with Gasteiger partial charge in [0.05, 0.1) is 33.3 Å². The van der Waals surface area contributed by atoms with Gasteiger partial charge in [-0.1, -0.05) is 23.7 Å². The van der Waals surface area contributed by atoms with Crippen LogP contribution in [-0.4, -0.2) is 28.8 Å². The van der Waals surface area contributed by atoms with E-state index in [9.17, 15) is 14.9 Å². The van der Waals surface area contributed by atoms with Crippen LogP contribution in [0.2, 0.25) is 5.02 Å². The van der Waals surface area contributed by atoms with Gasteiger partial charge in [0.1, 0.15) is 0 Å². The lowest BCUT2D eigenvalue weighted by molar-refractivity contribution is -0.384. The molecule has 2 aromatic rings. The lowest BCUT2D eigenvalue weighted by Gasteiger charge is -2.24. The second kappa shape index (κ2) is 8.43. The smallest absolute Gasteiger partial charge is 0.271 e. The van der Waals surface area contributed by atoms with Crippen LogP contribution in [0.4, 0.5) is 11.4 Å². The van der Waals surface area contributed by atoms with E-state index >= 15 is 0 Å². The number of carbonyl (C=O) groups is 1. The van der Waals surface area contributed by atoms with E-state index in [2.05, 4.69) is 11.4 Å². The molecule has 0 radical (unpaired) electrons. The molecule has 0 aromatic heterocycles. The lowest BCUT2D eigenvalue weighted by atomic mass is 10.1. The van der Waals surface area contributed by atoms with Gasteiger partial charge >= 0.3 is 0 Å². The van der Waals surface area contributed by atoms with Crippen molar-refractivity contribution in [3.05, 3.63) is 68.7 Å². The summed E-state index contributed by atoms with van der Waals surface area (Å²) in [7, 11) is 1.78. The van der Waals surface area contributed by atoms with Crippen LogP contribution in [-0.2, 0) is 11.3 Å². The maximum Gasteiger partial charge on any atom is 0.271 e. The zero-order valence-electron chi connectivity index (χ0n) is 14.3. The zero-order valence-corrected chi connectivity index (χ0v) is 15.0. The number of hydrogen-bond acceptors (Lipinski definition) is 5. The largest absolute Gasteiger partial charge is 0.323 e. The summed E-state index contributed by atoms with van der Waals surface area (Å²) in [6.45, 7) is 2.18. The highest BCUT2D eigenvalue weighted by Gasteiger charge is 2.20. The summed E-state index contributed by atoms with van der Waals surface area (Å²) in [5.74, 6) is -0.341. The van der Waals surface area contributed by atoms with Crippen LogP contribution in [0.15, 0.2) is 42.5 Å². The molecule has 0 aliphatic carbocycles. The summed E-state index contributed by atoms with van der Waals surface area (Å²) in [6, 6.07) is 12.6. The van der Waals surface area contributed by atoms with Crippen LogP contribution in [0.1, 0.15) is 18.1 Å². The molecule has 2 rings (SSSR count). The first kappa shape index (κ1) is 19.4. The Morgan fingerprint density at radius 3 is 2.77 bits per heavy atom. The predicted octanol–water partition coefficient (Wildman–Crippen LogP) is 3.58. The molecule has 0 aliphatic rings. The highest BCUT2D eigenvalue weighted by Crippen LogP contribution is 2.27. The van der Waals surface area contributed by atoms with E-state index in [0.29, 0.717) is 12.1 Å². The molecule has 2 aromatic carbocycles. The fraction of sp³-hybridized carbons (Fsp3) is 0.222. The molecule has 1 atom stereocenters. The van der Waals surface area contributed by atoms with Crippen molar-refractivity contribution in [1.29, 1.82) is 5.26 Å². The highest BCUT2D eigenvalue weighted by molar-refractivity contribution is 6.33. The van der Waals surface area contributed by atoms with E-state index < -0.39 is 11.0 Å². The topological polar surface area (TPSA) is 99.3 Å². The van der Waals surface area contributed by atoms with Gasteiger partial charge in [0, 0.05) is 18.7 Å². The fourth-order valence-corrected chi connectivity index (χ4v) is 2.49. The summed E-state index contributed by atoms with van der Waals surface area (Å²) in [5.41, 5.74) is 1.49. The Hall–Kier alpha value is -2.95. The SMILES string of the molecule is CC(C(=O)Nc1cc([N+](=O)[O-])ccc1Cl)N(C)Cc1cccc(C#N)c1. The molecule has 0 fully saturated rings. The Kier molecular flexibility index (Phi) is 6.28. The number of non-ortho nitro benzene ring substituents is 1.